The van der Waals surface area contributed by atoms with Gasteiger partial charge in [-0.1, -0.05) is 15.9 Å². The minimum absolute atomic E-state index is 0.0227. The number of aryl methyl sites for hydroxylation is 1. The molecule has 0 unspecified atom stereocenters. The van der Waals surface area contributed by atoms with E-state index < -0.39 is 0 Å². The molecule has 1 amide bonds. The number of piperidine rings is 1. The van der Waals surface area contributed by atoms with Crippen molar-refractivity contribution < 1.29 is 9.53 Å². The van der Waals surface area contributed by atoms with Crippen molar-refractivity contribution in [3.63, 3.8) is 0 Å². The minimum Gasteiger partial charge on any atom is -0.377 e. The Kier molecular flexibility index (Phi) is 4.77. The van der Waals surface area contributed by atoms with Gasteiger partial charge in [0.05, 0.1) is 19.0 Å². The van der Waals surface area contributed by atoms with Crippen molar-refractivity contribution >= 4 is 21.8 Å². The summed E-state index contributed by atoms with van der Waals surface area (Å²) >= 11 is 3.34. The summed E-state index contributed by atoms with van der Waals surface area (Å²) < 4.78 is 7.46. The summed E-state index contributed by atoms with van der Waals surface area (Å²) in [6.45, 7) is 2.24. The number of alkyl halides is 1. The Hall–Kier alpha value is -0.880. The maximum Gasteiger partial charge on any atom is 0.274 e. The van der Waals surface area contributed by atoms with E-state index in [0.717, 1.165) is 37.9 Å². The van der Waals surface area contributed by atoms with Crippen molar-refractivity contribution in [2.45, 2.75) is 18.9 Å². The number of hydrogen-bond donors (Lipinski definition) is 0. The summed E-state index contributed by atoms with van der Waals surface area (Å²) in [4.78, 5) is 18.1. The normalized spacial score (nSPS) is 17.1. The molecule has 0 saturated carbocycles. The monoisotopic (exact) mass is 315 g/mol. The number of carbonyl (C=O) groups excluding carboxylic acids is 1. The second-order valence-corrected chi connectivity index (χ2v) is 5.27. The summed E-state index contributed by atoms with van der Waals surface area (Å²) in [7, 11) is 1.87. The lowest BCUT2D eigenvalue weighted by atomic mass is 10.1. The van der Waals surface area contributed by atoms with E-state index in [4.69, 9.17) is 4.74 Å². The SMILES string of the molecule is Cn1cnc(C(=O)N2CCC(OCCBr)CC2)c1. The first-order chi connectivity index (χ1) is 8.70. The van der Waals surface area contributed by atoms with Crippen LogP contribution in [0.5, 0.6) is 0 Å². The highest BCUT2D eigenvalue weighted by Crippen LogP contribution is 2.15. The predicted octanol–water partition coefficient (Wildman–Crippen LogP) is 1.44. The van der Waals surface area contributed by atoms with Crippen molar-refractivity contribution in [3.05, 3.63) is 18.2 Å². The van der Waals surface area contributed by atoms with Gasteiger partial charge in [-0.15, -0.1) is 0 Å². The topological polar surface area (TPSA) is 47.4 Å². The largest absolute Gasteiger partial charge is 0.377 e. The maximum atomic E-state index is 12.1. The van der Waals surface area contributed by atoms with Gasteiger partial charge >= 0.3 is 0 Å². The lowest BCUT2D eigenvalue weighted by molar-refractivity contribution is 0.0158. The molecule has 1 aliphatic rings. The molecule has 0 N–H and O–H groups in total. The fourth-order valence-corrected chi connectivity index (χ4v) is 2.31. The second kappa shape index (κ2) is 6.33. The molecule has 0 atom stereocenters. The Morgan fingerprint density at radius 2 is 2.28 bits per heavy atom. The number of carbonyl (C=O) groups is 1. The summed E-state index contributed by atoms with van der Waals surface area (Å²) in [5, 5.41) is 0.861. The van der Waals surface area contributed by atoms with Crippen LogP contribution in [0.25, 0.3) is 0 Å². The molecule has 2 heterocycles. The number of amides is 1. The zero-order chi connectivity index (χ0) is 13.0. The molecule has 5 nitrogen and oxygen atoms in total. The Labute approximate surface area is 115 Å². The fraction of sp³-hybridized carbons (Fsp3) is 0.667. The molecule has 0 spiro atoms. The highest BCUT2D eigenvalue weighted by atomic mass is 79.9. The third kappa shape index (κ3) is 3.32. The lowest BCUT2D eigenvalue weighted by Gasteiger charge is -2.31. The molecule has 1 saturated heterocycles. The maximum absolute atomic E-state index is 12.1. The van der Waals surface area contributed by atoms with Gasteiger partial charge in [0, 0.05) is 31.7 Å². The summed E-state index contributed by atoms with van der Waals surface area (Å²) in [6.07, 6.45) is 5.52. The van der Waals surface area contributed by atoms with Crippen LogP contribution in [0.15, 0.2) is 12.5 Å². The zero-order valence-electron chi connectivity index (χ0n) is 10.5. The molecular formula is C12H18BrN3O2. The van der Waals surface area contributed by atoms with Crippen molar-refractivity contribution in [2.75, 3.05) is 25.0 Å². The van der Waals surface area contributed by atoms with E-state index in [2.05, 4.69) is 20.9 Å². The minimum atomic E-state index is 0.0227. The van der Waals surface area contributed by atoms with Gasteiger partial charge in [-0.3, -0.25) is 4.79 Å². The summed E-state index contributed by atoms with van der Waals surface area (Å²) in [5.41, 5.74) is 0.525. The average Bonchev–Trinajstić information content (AvgIpc) is 2.83. The lowest BCUT2D eigenvalue weighted by Crippen LogP contribution is -2.41. The number of rotatable bonds is 4. The first kappa shape index (κ1) is 13.5. The van der Waals surface area contributed by atoms with E-state index in [-0.39, 0.29) is 12.0 Å². The van der Waals surface area contributed by atoms with Crippen LogP contribution in [-0.2, 0) is 11.8 Å². The van der Waals surface area contributed by atoms with Crippen LogP contribution in [0.1, 0.15) is 23.3 Å². The Bertz CT molecular complexity index is 400. The quantitative estimate of drug-likeness (QED) is 0.790. The van der Waals surface area contributed by atoms with Gasteiger partial charge < -0.3 is 14.2 Å². The van der Waals surface area contributed by atoms with Crippen molar-refractivity contribution in [1.29, 1.82) is 0 Å². The van der Waals surface area contributed by atoms with Crippen molar-refractivity contribution in [2.24, 2.45) is 7.05 Å². The van der Waals surface area contributed by atoms with Crippen LogP contribution >= 0.6 is 15.9 Å². The van der Waals surface area contributed by atoms with Gasteiger partial charge in [0.1, 0.15) is 5.69 Å². The highest BCUT2D eigenvalue weighted by molar-refractivity contribution is 9.09. The predicted molar refractivity (Wildman–Crippen MR) is 71.9 cm³/mol. The Morgan fingerprint density at radius 1 is 1.56 bits per heavy atom. The number of aromatic nitrogens is 2. The molecule has 1 aromatic rings. The van der Waals surface area contributed by atoms with Gasteiger partial charge in [-0.25, -0.2) is 4.98 Å². The number of imidazole rings is 1. The number of hydrogen-bond acceptors (Lipinski definition) is 3. The first-order valence-electron chi connectivity index (χ1n) is 6.15. The highest BCUT2D eigenvalue weighted by Gasteiger charge is 2.24. The molecule has 6 heteroatoms. The standard InChI is InChI=1S/C12H18BrN3O2/c1-15-8-11(14-9-15)12(17)16-5-2-10(3-6-16)18-7-4-13/h8-10H,2-7H2,1H3. The van der Waals surface area contributed by atoms with E-state index in [0.29, 0.717) is 5.69 Å². The molecule has 18 heavy (non-hydrogen) atoms. The van der Waals surface area contributed by atoms with Gasteiger partial charge in [-0.2, -0.15) is 0 Å². The summed E-state index contributed by atoms with van der Waals surface area (Å²) in [5.74, 6) is 0.0227. The average molecular weight is 316 g/mol. The van der Waals surface area contributed by atoms with Crippen LogP contribution in [0.2, 0.25) is 0 Å². The van der Waals surface area contributed by atoms with Crippen LogP contribution < -0.4 is 0 Å². The van der Waals surface area contributed by atoms with E-state index >= 15 is 0 Å². The third-order valence-electron chi connectivity index (χ3n) is 3.08. The molecule has 0 aliphatic carbocycles. The molecule has 0 radical (unpaired) electrons. The van der Waals surface area contributed by atoms with E-state index in [1.165, 1.54) is 0 Å². The number of halogens is 1. The molecule has 1 aromatic heterocycles. The van der Waals surface area contributed by atoms with E-state index in [1.54, 1.807) is 17.1 Å². The van der Waals surface area contributed by atoms with E-state index in [1.807, 2.05) is 11.9 Å². The molecule has 1 aliphatic heterocycles. The summed E-state index contributed by atoms with van der Waals surface area (Å²) in [6, 6.07) is 0. The van der Waals surface area contributed by atoms with Crippen LogP contribution in [0.3, 0.4) is 0 Å². The molecule has 1 fully saturated rings. The van der Waals surface area contributed by atoms with Crippen molar-refractivity contribution in [3.8, 4) is 0 Å². The number of nitrogens with zero attached hydrogens (tertiary/aromatic N) is 3. The van der Waals surface area contributed by atoms with Gasteiger partial charge in [0.15, 0.2) is 0 Å². The number of likely N-dealkylation sites (tertiary alicyclic amines) is 1. The smallest absolute Gasteiger partial charge is 0.274 e. The molecule has 100 valence electrons. The van der Waals surface area contributed by atoms with Crippen LogP contribution in [0.4, 0.5) is 0 Å². The molecular weight excluding hydrogens is 298 g/mol. The first-order valence-corrected chi connectivity index (χ1v) is 7.27. The van der Waals surface area contributed by atoms with Gasteiger partial charge in [0.25, 0.3) is 5.91 Å². The van der Waals surface area contributed by atoms with Crippen molar-refractivity contribution in [1.82, 2.24) is 14.5 Å². The van der Waals surface area contributed by atoms with Crippen LogP contribution in [0, 0.1) is 0 Å². The molecule has 2 rings (SSSR count). The third-order valence-corrected chi connectivity index (χ3v) is 3.41. The molecule has 0 bridgehead atoms. The van der Waals surface area contributed by atoms with Gasteiger partial charge in [-0.05, 0) is 12.8 Å². The van der Waals surface area contributed by atoms with E-state index in [9.17, 15) is 4.79 Å². The number of ether oxygens (including phenoxy) is 1. The fourth-order valence-electron chi connectivity index (χ4n) is 2.12. The van der Waals surface area contributed by atoms with Gasteiger partial charge in [0.2, 0.25) is 0 Å². The molecule has 0 aromatic carbocycles. The van der Waals surface area contributed by atoms with Crippen LogP contribution in [-0.4, -0.2) is 51.5 Å². The Balaban J connectivity index is 1.84. The second-order valence-electron chi connectivity index (χ2n) is 4.48. The Morgan fingerprint density at radius 3 is 2.83 bits per heavy atom. The zero-order valence-corrected chi connectivity index (χ0v) is 12.1.